The maximum atomic E-state index is 13.8. The molecule has 4 aliphatic carbocycles. The van der Waals surface area contributed by atoms with Crippen molar-refractivity contribution in [2.24, 2.45) is 46.8 Å². The van der Waals surface area contributed by atoms with Crippen molar-refractivity contribution in [2.75, 3.05) is 13.1 Å². The lowest BCUT2D eigenvalue weighted by atomic mass is 9.66. The fourth-order valence-electron chi connectivity index (χ4n) is 14.0. The molecule has 0 aliphatic heterocycles. The Morgan fingerprint density at radius 3 is 1.04 bits per heavy atom. The monoisotopic (exact) mass is 1690 g/mol. The molecule has 0 unspecified atom stereocenters. The zero-order valence-electron chi connectivity index (χ0n) is 79.3. The molecule has 0 fully saturated rings. The van der Waals surface area contributed by atoms with E-state index in [0.717, 1.165) is 64.2 Å². The Morgan fingerprint density at radius 1 is 0.451 bits per heavy atom. The lowest BCUT2D eigenvalue weighted by molar-refractivity contribution is -0.165. The number of allylic oxidation sites excluding steroid dienone is 4. The van der Waals surface area contributed by atoms with Gasteiger partial charge in [-0.05, 0) is 222 Å². The summed E-state index contributed by atoms with van der Waals surface area (Å²) in [5.74, 6) is 1.03. The minimum atomic E-state index is -2.20. The first-order chi connectivity index (χ1) is 50.2. The SMILES string of the molecule is C.C.CCCCNC(=O)C[C@@H](C[C@@H](CC[C@@H]1[C@@H]2C(=C[C@H](O[Si](C)(C)C(C)(C)C)C[C@@H]2OC(=O)C(C)(C)CC)C=C[C@@H]1C)O[Si](C)(C)C(C)(C)C)O[Si](C)(C)C(C)(C)C.CCCCNC(=O)C[C@@H](C[C@@H](CC[C@@H]1[C@@H]2C(=C[C@H](O[Si](C)(C)C(C)(C)C)C[C@@H]2OC(=O)[C@@H](C)CC)C=C[C@@H]1C)O[Si](C)(C)C(C)(C)C)O[Si](C)(C)C(C)(C)C. The normalized spacial score (nSPS) is 23.7. The summed E-state index contributed by atoms with van der Waals surface area (Å²) in [6, 6.07) is 0. The van der Waals surface area contributed by atoms with E-state index >= 15 is 0 Å². The topological polar surface area (TPSA) is 166 Å². The van der Waals surface area contributed by atoms with Crippen molar-refractivity contribution < 1.29 is 55.2 Å². The van der Waals surface area contributed by atoms with Crippen LogP contribution in [0, 0.1) is 46.8 Å². The molecule has 0 bridgehead atoms. The molecule has 14 nitrogen and oxygen atoms in total. The molecule has 0 aromatic heterocycles. The van der Waals surface area contributed by atoms with Crippen molar-refractivity contribution in [3.8, 4) is 0 Å². The molecule has 0 saturated carbocycles. The van der Waals surface area contributed by atoms with Gasteiger partial charge in [-0.15, -0.1) is 0 Å². The van der Waals surface area contributed by atoms with Crippen molar-refractivity contribution in [3.05, 3.63) is 47.6 Å². The van der Waals surface area contributed by atoms with E-state index in [4.69, 9.17) is 36.0 Å². The molecule has 4 rings (SSSR count). The van der Waals surface area contributed by atoms with Crippen molar-refractivity contribution in [1.82, 2.24) is 10.6 Å². The van der Waals surface area contributed by atoms with Crippen molar-refractivity contribution in [3.63, 3.8) is 0 Å². The van der Waals surface area contributed by atoms with Gasteiger partial charge < -0.3 is 46.7 Å². The van der Waals surface area contributed by atoms with Gasteiger partial charge in [0.2, 0.25) is 11.8 Å². The van der Waals surface area contributed by atoms with E-state index in [9.17, 15) is 19.2 Å². The van der Waals surface area contributed by atoms with E-state index < -0.39 is 55.3 Å². The Bertz CT molecular complexity index is 3060. The Hall–Kier alpha value is -2.10. The average molecular weight is 1690 g/mol. The Labute approximate surface area is 704 Å². The van der Waals surface area contributed by atoms with Crippen LogP contribution in [0.5, 0.6) is 0 Å². The highest BCUT2D eigenvalue weighted by Gasteiger charge is 2.51. The molecule has 0 aromatic rings. The second kappa shape index (κ2) is 43.6. The molecule has 15 atom stereocenters. The van der Waals surface area contributed by atoms with Crippen LogP contribution in [0.1, 0.15) is 305 Å². The van der Waals surface area contributed by atoms with Crippen molar-refractivity contribution >= 4 is 73.7 Å². The van der Waals surface area contributed by atoms with Crippen LogP contribution in [0.15, 0.2) is 47.6 Å². The number of esters is 2. The van der Waals surface area contributed by atoms with Crippen LogP contribution in [-0.2, 0) is 55.2 Å². The van der Waals surface area contributed by atoms with Gasteiger partial charge in [-0.2, -0.15) is 0 Å². The number of ether oxygens (including phenoxy) is 2. The molecule has 0 aromatic carbocycles. The van der Waals surface area contributed by atoms with Crippen LogP contribution in [0.3, 0.4) is 0 Å². The second-order valence-corrected chi connectivity index (χ2v) is 72.9. The fraction of sp³-hybridized carbons (Fsp3) is 0.871. The summed E-state index contributed by atoms with van der Waals surface area (Å²) in [6.07, 6.45) is 25.0. The first-order valence-electron chi connectivity index (χ1n) is 44.1. The summed E-state index contributed by atoms with van der Waals surface area (Å²) >= 11 is 0. The third kappa shape index (κ3) is 32.3. The second-order valence-electron chi connectivity index (χ2n) is 44.4. The molecular formula is C93H184N2O12Si6. The minimum Gasteiger partial charge on any atom is -0.461 e. The number of hydrogen-bond acceptors (Lipinski definition) is 12. The molecule has 0 heterocycles. The highest BCUT2D eigenvalue weighted by atomic mass is 28.4. The molecule has 0 saturated heterocycles. The number of hydrogen-bond donors (Lipinski definition) is 2. The van der Waals surface area contributed by atoms with Gasteiger partial charge >= 0.3 is 11.9 Å². The standard InChI is InChI=1S/C46H89NO6Si3.C45H87NO6Si3.2CH4/c1-21-23-28-47-40(48)32-37(53-56(19,20)45(10,11)12)30-35(51-54(15,16)43(4,5)6)26-27-38-33(3)24-25-34-29-36(52-55(17,18)44(7,8)9)31-39(41(34)38)50-42(49)46(13,14)22-2;1-20-22-27-46-40(47)31-37(52-55(18,19)45(11,12)13)29-35(50-53(14,15)43(5,6)7)25-26-38-33(4)23-24-34-28-36(51-54(16,17)44(8,9)10)30-39(41(34)38)49-42(48)32(3)21-2;;/h24-25,29,33,35-39,41H,21-23,26-28,30-32H2,1-20H3,(H,47,48);23-24,28,32-33,35-39,41H,20-22,25-27,29-31H2,1-19H3,(H,46,47);2*1H4/t33-,35+,36-,37+,38-,39-,41-;32-,33-,35+,36-,37+,38-,39-,41-;;/m00../s1. The first-order valence-corrected chi connectivity index (χ1v) is 61.5. The van der Waals surface area contributed by atoms with Gasteiger partial charge in [-0.1, -0.05) is 237 Å². The van der Waals surface area contributed by atoms with Gasteiger partial charge in [0.1, 0.15) is 12.2 Å². The number of unbranched alkanes of at least 4 members (excludes halogenated alkanes) is 2. The molecule has 0 radical (unpaired) electrons. The molecule has 113 heavy (non-hydrogen) atoms. The van der Waals surface area contributed by atoms with Gasteiger partial charge in [-0.25, -0.2) is 0 Å². The predicted molar refractivity (Wildman–Crippen MR) is 498 cm³/mol. The molecular weight excluding hydrogens is 1510 g/mol. The largest absolute Gasteiger partial charge is 0.461 e. The van der Waals surface area contributed by atoms with Crippen LogP contribution in [0.4, 0.5) is 0 Å². The van der Waals surface area contributed by atoms with Gasteiger partial charge in [0, 0.05) is 50.0 Å². The number of carbonyl (C=O) groups is 4. The smallest absolute Gasteiger partial charge is 0.311 e. The quantitative estimate of drug-likeness (QED) is 0.0342. The van der Waals surface area contributed by atoms with Gasteiger partial charge in [0.15, 0.2) is 49.9 Å². The van der Waals surface area contributed by atoms with E-state index in [1.54, 1.807) is 0 Å². The molecule has 4 aliphatic rings. The van der Waals surface area contributed by atoms with Crippen molar-refractivity contribution in [1.29, 1.82) is 0 Å². The predicted octanol–water partition coefficient (Wildman–Crippen LogP) is 26.4. The zero-order chi connectivity index (χ0) is 85.7. The van der Waals surface area contributed by atoms with Crippen LogP contribution in [0.2, 0.25) is 109 Å². The number of amides is 2. The molecule has 2 N–H and O–H groups in total. The minimum absolute atomic E-state index is 0. The van der Waals surface area contributed by atoms with E-state index in [1.165, 1.54) is 11.1 Å². The zero-order valence-corrected chi connectivity index (χ0v) is 85.3. The fourth-order valence-corrected chi connectivity index (χ4v) is 22.1. The van der Waals surface area contributed by atoms with Gasteiger partial charge in [0.05, 0.1) is 48.6 Å². The highest BCUT2D eigenvalue weighted by molar-refractivity contribution is 6.76. The van der Waals surface area contributed by atoms with Crippen LogP contribution >= 0.6 is 0 Å². The third-order valence-electron chi connectivity index (χ3n) is 28.5. The number of nitrogens with one attached hydrogen (secondary N) is 2. The first kappa shape index (κ1) is 109. The third-order valence-corrected chi connectivity index (χ3v) is 55.6. The Kier molecular flexibility index (Phi) is 42.0. The maximum absolute atomic E-state index is 13.8. The van der Waals surface area contributed by atoms with Gasteiger partial charge in [0.25, 0.3) is 0 Å². The van der Waals surface area contributed by atoms with E-state index in [2.05, 4.69) is 292 Å². The van der Waals surface area contributed by atoms with E-state index in [1.807, 2.05) is 20.8 Å². The molecule has 0 spiro atoms. The van der Waals surface area contributed by atoms with Gasteiger partial charge in [-0.3, -0.25) is 19.2 Å². The lowest BCUT2D eigenvalue weighted by Gasteiger charge is -2.47. The summed E-state index contributed by atoms with van der Waals surface area (Å²) in [5, 5.41) is 6.57. The summed E-state index contributed by atoms with van der Waals surface area (Å²) in [7, 11) is -12.9. The number of fused-ring (bicyclic) bond motifs is 2. The summed E-state index contributed by atoms with van der Waals surface area (Å²) in [6.45, 7) is 89.1. The van der Waals surface area contributed by atoms with E-state index in [0.29, 0.717) is 63.5 Å². The molecule has 2 amide bonds. The summed E-state index contributed by atoms with van der Waals surface area (Å²) in [5.41, 5.74) is 1.91. The Morgan fingerprint density at radius 2 is 0.752 bits per heavy atom. The van der Waals surface area contributed by atoms with Crippen molar-refractivity contribution in [2.45, 2.75) is 462 Å². The van der Waals surface area contributed by atoms with E-state index in [-0.39, 0.29) is 147 Å². The molecule has 20 heteroatoms. The lowest BCUT2D eigenvalue weighted by Crippen LogP contribution is -2.49. The highest BCUT2D eigenvalue weighted by Crippen LogP contribution is 2.51. The van der Waals surface area contributed by atoms with Crippen LogP contribution in [-0.4, -0.2) is 136 Å². The average Bonchev–Trinajstić information content (AvgIpc) is 0.777. The summed E-state index contributed by atoms with van der Waals surface area (Å²) in [4.78, 5) is 54.1. The number of carbonyl (C=O) groups excluding carboxylic acids is 4. The van der Waals surface area contributed by atoms with Crippen LogP contribution in [0.25, 0.3) is 0 Å². The maximum Gasteiger partial charge on any atom is 0.311 e. The Balaban J connectivity index is 0.00000111. The summed E-state index contributed by atoms with van der Waals surface area (Å²) < 4.78 is 56.0. The molecule has 662 valence electrons. The number of rotatable bonds is 38. The van der Waals surface area contributed by atoms with Crippen LogP contribution < -0.4 is 10.6 Å².